The van der Waals surface area contributed by atoms with E-state index in [2.05, 4.69) is 26.2 Å². The average Bonchev–Trinajstić information content (AvgIpc) is 2.89. The Hall–Kier alpha value is -2.43. The van der Waals surface area contributed by atoms with Crippen LogP contribution in [0, 0.1) is 11.8 Å². The van der Waals surface area contributed by atoms with Crippen LogP contribution in [0.5, 0.6) is 0 Å². The molecule has 0 aromatic heterocycles. The molecule has 3 saturated heterocycles. The van der Waals surface area contributed by atoms with E-state index in [1.54, 1.807) is 27.1 Å². The van der Waals surface area contributed by atoms with Gasteiger partial charge in [-0.2, -0.15) is 0 Å². The number of likely N-dealkylation sites (tertiary alicyclic amines) is 2. The van der Waals surface area contributed by atoms with Gasteiger partial charge < -0.3 is 30.7 Å². The molecule has 1 aliphatic carbocycles. The SMILES string of the molecule is CN(C)C(=O)NC1CC2(CCN(C(O)C3CCN(CC4C=C(N)N=CC4)CC3)CC2)OC2=CCC(C)(F)C=C21. The second kappa shape index (κ2) is 11.2. The number of rotatable bonds is 5. The predicted octanol–water partition coefficient (Wildman–Crippen LogP) is 2.74. The highest BCUT2D eigenvalue weighted by Crippen LogP contribution is 2.45. The van der Waals surface area contributed by atoms with Gasteiger partial charge in [0.1, 0.15) is 29.1 Å². The fraction of sp³-hybridized carbons (Fsp3) is 0.724. The molecule has 1 spiro atoms. The number of hydrogen-bond donors (Lipinski definition) is 3. The summed E-state index contributed by atoms with van der Waals surface area (Å²) in [5.41, 5.74) is 4.71. The third kappa shape index (κ3) is 6.49. The van der Waals surface area contributed by atoms with Crippen molar-refractivity contribution in [1.29, 1.82) is 0 Å². The Morgan fingerprint density at radius 1 is 1.31 bits per heavy atom. The summed E-state index contributed by atoms with van der Waals surface area (Å²) in [7, 11) is 3.41. The molecule has 2 amide bonds. The van der Waals surface area contributed by atoms with Gasteiger partial charge in [-0.15, -0.1) is 0 Å². The van der Waals surface area contributed by atoms with Crippen molar-refractivity contribution in [2.24, 2.45) is 22.6 Å². The van der Waals surface area contributed by atoms with Crippen LogP contribution in [-0.2, 0) is 4.74 Å². The number of carbonyl (C=O) groups is 1. The molecule has 4 heterocycles. The fourth-order valence-electron chi connectivity index (χ4n) is 6.74. The molecule has 0 aromatic carbocycles. The van der Waals surface area contributed by atoms with Crippen molar-refractivity contribution in [1.82, 2.24) is 20.0 Å². The maximum atomic E-state index is 14.9. The van der Waals surface area contributed by atoms with Crippen molar-refractivity contribution in [3.05, 3.63) is 35.4 Å². The molecule has 3 fully saturated rings. The molecular formula is C29H45FN6O3. The minimum absolute atomic E-state index is 0.196. The summed E-state index contributed by atoms with van der Waals surface area (Å²) >= 11 is 0. The van der Waals surface area contributed by atoms with Gasteiger partial charge in [-0.1, -0.05) is 0 Å². The summed E-state index contributed by atoms with van der Waals surface area (Å²) in [6, 6.07) is -0.504. The summed E-state index contributed by atoms with van der Waals surface area (Å²) in [6.07, 6.45) is 12.2. The topological polar surface area (TPSA) is 107 Å². The van der Waals surface area contributed by atoms with E-state index in [-0.39, 0.29) is 24.4 Å². The zero-order valence-electron chi connectivity index (χ0n) is 23.6. The second-order valence-corrected chi connectivity index (χ2v) is 12.5. The van der Waals surface area contributed by atoms with Crippen molar-refractivity contribution in [2.75, 3.05) is 46.8 Å². The summed E-state index contributed by atoms with van der Waals surface area (Å²) in [4.78, 5) is 22.9. The van der Waals surface area contributed by atoms with Crippen LogP contribution in [0.2, 0.25) is 0 Å². The van der Waals surface area contributed by atoms with Crippen molar-refractivity contribution in [2.45, 2.75) is 75.4 Å². The number of allylic oxidation sites excluding steroid dienone is 2. The van der Waals surface area contributed by atoms with Crippen LogP contribution >= 0.6 is 0 Å². The number of aliphatic hydroxyl groups is 1. The summed E-state index contributed by atoms with van der Waals surface area (Å²) in [5.74, 6) is 1.97. The Kier molecular flexibility index (Phi) is 8.08. The Morgan fingerprint density at radius 3 is 2.69 bits per heavy atom. The van der Waals surface area contributed by atoms with E-state index in [1.807, 2.05) is 12.3 Å². The average molecular weight is 545 g/mol. The first-order valence-corrected chi connectivity index (χ1v) is 14.5. The summed E-state index contributed by atoms with van der Waals surface area (Å²) < 4.78 is 21.4. The number of nitrogens with two attached hydrogens (primary N) is 1. The Morgan fingerprint density at radius 2 is 2.03 bits per heavy atom. The van der Waals surface area contributed by atoms with E-state index in [0.717, 1.165) is 70.4 Å². The highest BCUT2D eigenvalue weighted by molar-refractivity contribution is 5.74. The minimum Gasteiger partial charge on any atom is -0.487 e. The number of nitrogens with zero attached hydrogens (tertiary/aromatic N) is 4. The largest absolute Gasteiger partial charge is 0.487 e. The quantitative estimate of drug-likeness (QED) is 0.492. The molecule has 10 heteroatoms. The van der Waals surface area contributed by atoms with Crippen molar-refractivity contribution in [3.8, 4) is 0 Å². The van der Waals surface area contributed by atoms with Gasteiger partial charge in [0.15, 0.2) is 0 Å². The Bertz CT molecular complexity index is 1040. The van der Waals surface area contributed by atoms with Crippen molar-refractivity contribution >= 4 is 12.2 Å². The Labute approximate surface area is 231 Å². The number of nitrogens with one attached hydrogen (secondary N) is 1. The number of fused-ring (bicyclic) bond motifs is 1. The lowest BCUT2D eigenvalue weighted by atomic mass is 9.77. The van der Waals surface area contributed by atoms with Gasteiger partial charge in [-0.05, 0) is 63.4 Å². The van der Waals surface area contributed by atoms with Gasteiger partial charge in [-0.3, -0.25) is 4.90 Å². The number of ether oxygens (including phenoxy) is 1. The van der Waals surface area contributed by atoms with Gasteiger partial charge in [0.2, 0.25) is 0 Å². The molecule has 5 rings (SSSR count). The van der Waals surface area contributed by atoms with Gasteiger partial charge in [0.25, 0.3) is 0 Å². The molecule has 0 saturated carbocycles. The molecule has 216 valence electrons. The lowest BCUT2D eigenvalue weighted by molar-refractivity contribution is -0.119. The van der Waals surface area contributed by atoms with Crippen LogP contribution in [0.25, 0.3) is 0 Å². The fourth-order valence-corrected chi connectivity index (χ4v) is 6.74. The van der Waals surface area contributed by atoms with Crippen molar-refractivity contribution < 1.29 is 19.0 Å². The molecule has 4 aliphatic heterocycles. The number of alkyl halides is 1. The van der Waals surface area contributed by atoms with Crippen LogP contribution in [-0.4, -0.2) is 102 Å². The molecule has 4 atom stereocenters. The molecule has 4 unspecified atom stereocenters. The van der Waals surface area contributed by atoms with Crippen molar-refractivity contribution in [3.63, 3.8) is 0 Å². The smallest absolute Gasteiger partial charge is 0.317 e. The number of carbonyl (C=O) groups excluding carboxylic acids is 1. The number of aliphatic imine (C=N–C) groups is 1. The third-order valence-corrected chi connectivity index (χ3v) is 9.09. The van der Waals surface area contributed by atoms with Crippen LogP contribution in [0.15, 0.2) is 40.4 Å². The van der Waals surface area contributed by atoms with Crippen LogP contribution in [0.4, 0.5) is 9.18 Å². The van der Waals surface area contributed by atoms with Crippen LogP contribution in [0.1, 0.15) is 51.9 Å². The second-order valence-electron chi connectivity index (χ2n) is 12.5. The first-order chi connectivity index (χ1) is 18.5. The molecule has 5 aliphatic rings. The number of halogens is 1. The van der Waals surface area contributed by atoms with E-state index in [0.29, 0.717) is 23.9 Å². The normalized spacial score (nSPS) is 32.4. The monoisotopic (exact) mass is 544 g/mol. The van der Waals surface area contributed by atoms with Crippen LogP contribution in [0.3, 0.4) is 0 Å². The molecule has 9 nitrogen and oxygen atoms in total. The highest BCUT2D eigenvalue weighted by atomic mass is 19.1. The van der Waals surface area contributed by atoms with Crippen LogP contribution < -0.4 is 11.1 Å². The number of aliphatic hydroxyl groups excluding tert-OH is 1. The lowest BCUT2D eigenvalue weighted by Gasteiger charge is -2.50. The maximum absolute atomic E-state index is 14.9. The van der Waals surface area contributed by atoms with Gasteiger partial charge >= 0.3 is 6.03 Å². The zero-order valence-corrected chi connectivity index (χ0v) is 23.6. The van der Waals surface area contributed by atoms with E-state index >= 15 is 0 Å². The van der Waals surface area contributed by atoms with Gasteiger partial charge in [0.05, 0.1) is 6.04 Å². The molecule has 0 bridgehead atoms. The first kappa shape index (κ1) is 28.1. The first-order valence-electron chi connectivity index (χ1n) is 14.5. The zero-order chi connectivity index (χ0) is 27.8. The highest BCUT2D eigenvalue weighted by Gasteiger charge is 2.48. The molecule has 0 aromatic rings. The lowest BCUT2D eigenvalue weighted by Crippen LogP contribution is -2.57. The molecule has 0 radical (unpaired) electrons. The van der Waals surface area contributed by atoms with Gasteiger partial charge in [0, 0.05) is 77.1 Å². The summed E-state index contributed by atoms with van der Waals surface area (Å²) in [6.45, 7) is 5.97. The van der Waals surface area contributed by atoms with Gasteiger partial charge in [-0.25, -0.2) is 14.2 Å². The predicted molar refractivity (Wildman–Crippen MR) is 150 cm³/mol. The van der Waals surface area contributed by atoms with E-state index in [1.165, 1.54) is 4.90 Å². The van der Waals surface area contributed by atoms with E-state index in [4.69, 9.17) is 10.5 Å². The molecule has 39 heavy (non-hydrogen) atoms. The molecular weight excluding hydrogens is 499 g/mol. The Balaban J connectivity index is 1.16. The number of hydrogen-bond acceptors (Lipinski definition) is 7. The third-order valence-electron chi connectivity index (χ3n) is 9.09. The molecule has 4 N–H and O–H groups in total. The number of amides is 2. The van der Waals surface area contributed by atoms with E-state index in [9.17, 15) is 14.3 Å². The summed E-state index contributed by atoms with van der Waals surface area (Å²) in [5, 5.41) is 14.4. The number of piperidine rings is 2. The standard InChI is InChI=1S/C29H45FN6O3/c1-28(30)8-4-24-22(17-28)23(33-27(38)34(2)3)18-29(39-24)9-14-36(15-10-29)26(37)21-6-12-35(13-7-21)19-20-5-11-32-25(31)16-20/h4,11,16-17,20-21,23,26,37H,5-10,12-15,18-19,31H2,1-3H3,(H,33,38). The number of urea groups is 1. The maximum Gasteiger partial charge on any atom is 0.317 e. The van der Waals surface area contributed by atoms with E-state index < -0.39 is 17.5 Å². The minimum atomic E-state index is -1.45.